The van der Waals surface area contributed by atoms with Crippen LogP contribution in [0.2, 0.25) is 0 Å². The molecule has 0 saturated carbocycles. The Morgan fingerprint density at radius 3 is 1.21 bits per heavy atom. The summed E-state index contributed by atoms with van der Waals surface area (Å²) in [5, 5.41) is 10.8. The van der Waals surface area contributed by atoms with E-state index in [0.29, 0.717) is 47.3 Å². The van der Waals surface area contributed by atoms with E-state index >= 15 is 4.39 Å². The lowest BCUT2D eigenvalue weighted by Crippen LogP contribution is -2.09. The number of rotatable bonds is 3. The highest BCUT2D eigenvalue weighted by Crippen LogP contribution is 2.46. The predicted molar refractivity (Wildman–Crippen MR) is 190 cm³/mol. The van der Waals surface area contributed by atoms with Crippen LogP contribution in [0.5, 0.6) is 0 Å². The molecular weight excluding hydrogens is 793 g/mol. The Bertz CT molecular complexity index is 2970. The second-order valence-corrected chi connectivity index (χ2v) is 13.6. The number of nitriles is 1. The lowest BCUT2D eigenvalue weighted by Gasteiger charge is -2.22. The topological polar surface area (TPSA) is 33.6 Å². The van der Waals surface area contributed by atoms with Gasteiger partial charge in [0, 0.05) is 27.1 Å². The summed E-state index contributed by atoms with van der Waals surface area (Å²) in [6.45, 7) is 1.64. The normalized spacial score (nSPS) is 13.0. The molecule has 0 N–H and O–H groups in total. The van der Waals surface area contributed by atoms with Crippen LogP contribution >= 0.6 is 0 Å². The average molecular weight is 814 g/mol. The highest BCUT2D eigenvalue weighted by atomic mass is 19.4. The molecule has 8 aromatic rings. The van der Waals surface area contributed by atoms with Crippen LogP contribution in [0.1, 0.15) is 33.4 Å². The number of hydrogen-bond acceptors (Lipinski definition) is 1. The van der Waals surface area contributed by atoms with Crippen LogP contribution in [-0.2, 0) is 24.7 Å². The van der Waals surface area contributed by atoms with E-state index < -0.39 is 80.6 Å². The summed E-state index contributed by atoms with van der Waals surface area (Å²) in [5.74, 6) is -1.45. The standard InChI is InChI=1S/C42H20F13N3/c1-20-2-6-28-29-7-3-23(39(44,45)46)16-33(29)57(32(28)10-20)36-11-21(19-56)12-37(38(36)22-13-26(42(53,54)55)15-27(43)14-22)58-34-17-24(40(47,48)49)4-8-30(34)31-9-5-25(18-35(31)58)41(50,51)52/h2-18H,1H3. The minimum absolute atomic E-state index is 0.0379. The molecule has 0 aliphatic carbocycles. The lowest BCUT2D eigenvalue weighted by atomic mass is 9.96. The van der Waals surface area contributed by atoms with Crippen molar-refractivity contribution in [1.82, 2.24) is 9.13 Å². The van der Waals surface area contributed by atoms with E-state index in [1.54, 1.807) is 19.1 Å². The fourth-order valence-corrected chi connectivity index (χ4v) is 7.42. The Kier molecular flexibility index (Phi) is 8.44. The van der Waals surface area contributed by atoms with Gasteiger partial charge in [0.05, 0.1) is 67.3 Å². The molecule has 0 radical (unpaired) electrons. The largest absolute Gasteiger partial charge is 0.416 e. The molecule has 294 valence electrons. The van der Waals surface area contributed by atoms with E-state index in [2.05, 4.69) is 0 Å². The summed E-state index contributed by atoms with van der Waals surface area (Å²) >= 11 is 0. The number of alkyl halides is 12. The first-order valence-electron chi connectivity index (χ1n) is 16.9. The molecule has 8 rings (SSSR count). The molecule has 0 atom stereocenters. The number of benzene rings is 6. The summed E-state index contributed by atoms with van der Waals surface area (Å²) in [4.78, 5) is 0. The third-order valence-corrected chi connectivity index (χ3v) is 9.89. The molecule has 0 unspecified atom stereocenters. The molecule has 0 fully saturated rings. The molecule has 3 nitrogen and oxygen atoms in total. The lowest BCUT2D eigenvalue weighted by molar-refractivity contribution is -0.138. The number of halogens is 13. The monoisotopic (exact) mass is 813 g/mol. The van der Waals surface area contributed by atoms with E-state index in [0.717, 1.165) is 47.0 Å². The van der Waals surface area contributed by atoms with Crippen LogP contribution in [0, 0.1) is 24.1 Å². The van der Waals surface area contributed by atoms with E-state index in [9.17, 15) is 57.9 Å². The molecule has 58 heavy (non-hydrogen) atoms. The minimum Gasteiger partial charge on any atom is -0.308 e. The summed E-state index contributed by atoms with van der Waals surface area (Å²) in [6, 6.07) is 17.3. The van der Waals surface area contributed by atoms with E-state index in [1.807, 2.05) is 6.07 Å². The maximum Gasteiger partial charge on any atom is 0.416 e. The Morgan fingerprint density at radius 1 is 0.448 bits per heavy atom. The number of hydrogen-bond donors (Lipinski definition) is 0. The maximum absolute atomic E-state index is 15.4. The van der Waals surface area contributed by atoms with Crippen molar-refractivity contribution in [2.45, 2.75) is 31.6 Å². The Morgan fingerprint density at radius 2 is 0.828 bits per heavy atom. The van der Waals surface area contributed by atoms with Gasteiger partial charge in [-0.1, -0.05) is 30.3 Å². The van der Waals surface area contributed by atoms with Gasteiger partial charge in [-0.05, 0) is 90.8 Å². The van der Waals surface area contributed by atoms with Crippen molar-refractivity contribution in [2.24, 2.45) is 0 Å². The molecular formula is C42H20F13N3. The van der Waals surface area contributed by atoms with E-state index in [-0.39, 0.29) is 44.5 Å². The number of nitrogens with zero attached hydrogens (tertiary/aromatic N) is 3. The number of aromatic nitrogens is 2. The molecule has 2 heterocycles. The third-order valence-electron chi connectivity index (χ3n) is 9.89. The molecule has 0 spiro atoms. The summed E-state index contributed by atoms with van der Waals surface area (Å²) in [6.07, 6.45) is -20.1. The highest BCUT2D eigenvalue weighted by molar-refractivity contribution is 6.12. The van der Waals surface area contributed by atoms with Gasteiger partial charge in [-0.15, -0.1) is 0 Å². The summed E-state index contributed by atoms with van der Waals surface area (Å²) in [5.41, 5.74) is -7.78. The molecule has 0 saturated heterocycles. The molecule has 16 heteroatoms. The second-order valence-electron chi connectivity index (χ2n) is 13.6. The van der Waals surface area contributed by atoms with Gasteiger partial charge in [0.1, 0.15) is 5.82 Å². The van der Waals surface area contributed by atoms with Crippen LogP contribution in [0.4, 0.5) is 57.1 Å². The van der Waals surface area contributed by atoms with Crippen LogP contribution in [0.3, 0.4) is 0 Å². The number of aryl methyl sites for hydroxylation is 1. The van der Waals surface area contributed by atoms with Crippen molar-refractivity contribution in [1.29, 1.82) is 5.26 Å². The zero-order valence-corrected chi connectivity index (χ0v) is 29.1. The predicted octanol–water partition coefficient (Wildman–Crippen LogP) is 13.9. The first-order chi connectivity index (χ1) is 27.0. The van der Waals surface area contributed by atoms with Crippen molar-refractivity contribution in [3.8, 4) is 28.6 Å². The zero-order chi connectivity index (χ0) is 41.9. The fourth-order valence-electron chi connectivity index (χ4n) is 7.42. The molecule has 0 bridgehead atoms. The van der Waals surface area contributed by atoms with Gasteiger partial charge in [-0.3, -0.25) is 0 Å². The minimum atomic E-state index is -5.19. The first kappa shape index (κ1) is 38.4. The molecule has 0 aliphatic rings. The van der Waals surface area contributed by atoms with Gasteiger partial charge in [0.2, 0.25) is 0 Å². The van der Waals surface area contributed by atoms with Gasteiger partial charge >= 0.3 is 24.7 Å². The van der Waals surface area contributed by atoms with Gasteiger partial charge in [0.15, 0.2) is 0 Å². The highest BCUT2D eigenvalue weighted by Gasteiger charge is 2.36. The maximum atomic E-state index is 15.4. The molecule has 6 aromatic carbocycles. The van der Waals surface area contributed by atoms with Crippen LogP contribution in [0.15, 0.2) is 103 Å². The Labute approximate surface area is 317 Å². The number of fused-ring (bicyclic) bond motifs is 6. The van der Waals surface area contributed by atoms with Crippen molar-refractivity contribution >= 4 is 43.6 Å². The van der Waals surface area contributed by atoms with Gasteiger partial charge in [-0.25, -0.2) is 4.39 Å². The Hall–Kier alpha value is -6.50. The third kappa shape index (κ3) is 6.34. The first-order valence-corrected chi connectivity index (χ1v) is 16.9. The molecule has 2 aromatic heterocycles. The van der Waals surface area contributed by atoms with Crippen LogP contribution in [0.25, 0.3) is 66.1 Å². The van der Waals surface area contributed by atoms with Gasteiger partial charge in [0.25, 0.3) is 0 Å². The average Bonchev–Trinajstić information content (AvgIpc) is 3.63. The second kappa shape index (κ2) is 12.8. The van der Waals surface area contributed by atoms with E-state index in [1.165, 1.54) is 10.6 Å². The van der Waals surface area contributed by atoms with Crippen LogP contribution in [-0.4, -0.2) is 9.13 Å². The quantitative estimate of drug-likeness (QED) is 0.164. The fraction of sp³-hybridized carbons (Fsp3) is 0.119. The summed E-state index contributed by atoms with van der Waals surface area (Å²) < 4.78 is 189. The molecule has 0 amide bonds. The zero-order valence-electron chi connectivity index (χ0n) is 29.1. The van der Waals surface area contributed by atoms with Gasteiger partial charge < -0.3 is 9.13 Å². The molecule has 0 aliphatic heterocycles. The van der Waals surface area contributed by atoms with Crippen molar-refractivity contribution < 1.29 is 57.1 Å². The smallest absolute Gasteiger partial charge is 0.308 e. The van der Waals surface area contributed by atoms with Crippen molar-refractivity contribution in [2.75, 3.05) is 0 Å². The Balaban J connectivity index is 1.65. The van der Waals surface area contributed by atoms with Gasteiger partial charge in [-0.2, -0.15) is 57.9 Å². The SMILES string of the molecule is Cc1ccc2c3ccc(C(F)(F)F)cc3n(-c3cc(C#N)cc(-n4c5cc(C(F)(F)F)ccc5c5ccc(C(F)(F)F)cc54)c3-c3cc(F)cc(C(F)(F)F)c3)c2c1. The van der Waals surface area contributed by atoms with Crippen LogP contribution < -0.4 is 0 Å². The van der Waals surface area contributed by atoms with Crippen molar-refractivity contribution in [3.05, 3.63) is 142 Å². The van der Waals surface area contributed by atoms with Crippen molar-refractivity contribution in [3.63, 3.8) is 0 Å². The summed E-state index contributed by atoms with van der Waals surface area (Å²) in [7, 11) is 0. The van der Waals surface area contributed by atoms with E-state index in [4.69, 9.17) is 0 Å².